The molecule has 1 aliphatic heterocycles. The third kappa shape index (κ3) is 26.1. The molecule has 45 heavy (non-hydrogen) atoms. The molecule has 1 rings (SSSR count). The van der Waals surface area contributed by atoms with Gasteiger partial charge < -0.3 is 33.5 Å². The summed E-state index contributed by atoms with van der Waals surface area (Å²) in [6.07, 6.45) is 18.4. The molecule has 0 aromatic carbocycles. The number of allylic oxidation sites excluding steroid dienone is 1. The van der Waals surface area contributed by atoms with Crippen LogP contribution in [0.4, 0.5) is 4.79 Å². The molecule has 9 heteroatoms. The fraction of sp³-hybridized carbons (Fsp3) is 0.917. The van der Waals surface area contributed by atoms with E-state index in [1.165, 1.54) is 68.6 Å². The first kappa shape index (κ1) is 42.4. The van der Waals surface area contributed by atoms with Crippen molar-refractivity contribution in [2.24, 2.45) is 5.92 Å². The van der Waals surface area contributed by atoms with Crippen molar-refractivity contribution in [3.8, 4) is 0 Å². The highest BCUT2D eigenvalue weighted by molar-refractivity contribution is 14.1. The Bertz CT molecular complexity index is 692. The van der Waals surface area contributed by atoms with Crippen molar-refractivity contribution in [3.63, 3.8) is 0 Å². The smallest absolute Gasteiger partial charge is 0.498 e. The Morgan fingerprint density at radius 2 is 1.31 bits per heavy atom. The highest BCUT2D eigenvalue weighted by Crippen LogP contribution is 2.17. The van der Waals surface area contributed by atoms with Crippen molar-refractivity contribution in [3.05, 3.63) is 12.3 Å². The van der Waals surface area contributed by atoms with Gasteiger partial charge in [0, 0.05) is 64.7 Å². The molecule has 0 N–H and O–H groups in total. The van der Waals surface area contributed by atoms with Crippen LogP contribution in [0.25, 0.3) is 0 Å². The number of alkyl halides is 1. The maximum Gasteiger partial charge on any atom is 0.508 e. The molecule has 0 spiro atoms. The number of halogens is 1. The van der Waals surface area contributed by atoms with Crippen LogP contribution < -0.4 is 0 Å². The molecule has 8 nitrogen and oxygen atoms in total. The maximum absolute atomic E-state index is 12.2. The van der Waals surface area contributed by atoms with Crippen LogP contribution in [0.15, 0.2) is 12.3 Å². The van der Waals surface area contributed by atoms with E-state index in [4.69, 9.17) is 23.7 Å². The van der Waals surface area contributed by atoms with E-state index in [1.807, 2.05) is 0 Å². The topological polar surface area (TPSA) is 69.7 Å². The van der Waals surface area contributed by atoms with Gasteiger partial charge in [-0.25, -0.2) is 4.79 Å². The van der Waals surface area contributed by atoms with Crippen LogP contribution in [0.1, 0.15) is 123 Å². The number of hydrogen-bond acceptors (Lipinski definition) is 8. The molecule has 0 radical (unpaired) electrons. The van der Waals surface area contributed by atoms with Crippen molar-refractivity contribution < 1.29 is 28.5 Å². The monoisotopic (exact) mass is 752 g/mol. The zero-order valence-electron chi connectivity index (χ0n) is 29.4. The predicted molar refractivity (Wildman–Crippen MR) is 194 cm³/mol. The Morgan fingerprint density at radius 3 is 1.93 bits per heavy atom. The Labute approximate surface area is 290 Å². The van der Waals surface area contributed by atoms with Gasteiger partial charge in [-0.15, -0.1) is 0 Å². The van der Waals surface area contributed by atoms with Crippen molar-refractivity contribution in [1.82, 2.24) is 9.80 Å². The molecule has 266 valence electrons. The van der Waals surface area contributed by atoms with E-state index in [0.29, 0.717) is 26.2 Å². The van der Waals surface area contributed by atoms with E-state index in [9.17, 15) is 4.79 Å². The Hall–Kier alpha value is -0.620. The van der Waals surface area contributed by atoms with Crippen LogP contribution >= 0.6 is 22.6 Å². The Balaban J connectivity index is 2.30. The van der Waals surface area contributed by atoms with Crippen molar-refractivity contribution >= 4 is 28.7 Å². The average molecular weight is 753 g/mol. The maximum atomic E-state index is 12.2. The second kappa shape index (κ2) is 30.7. The zero-order valence-corrected chi connectivity index (χ0v) is 31.5. The first-order valence-corrected chi connectivity index (χ1v) is 19.8. The molecular weight excluding hydrogens is 683 g/mol. The number of hydrogen-bond donors (Lipinski definition) is 0. The number of carbonyl (C=O) groups excluding carboxylic acids is 1. The van der Waals surface area contributed by atoms with Gasteiger partial charge in [-0.05, 0) is 43.6 Å². The second-order valence-corrected chi connectivity index (χ2v) is 13.8. The molecule has 2 atom stereocenters. The van der Waals surface area contributed by atoms with E-state index in [2.05, 4.69) is 59.9 Å². The van der Waals surface area contributed by atoms with Crippen molar-refractivity contribution in [2.75, 3.05) is 77.2 Å². The van der Waals surface area contributed by atoms with Crippen LogP contribution in [-0.2, 0) is 23.7 Å². The number of likely N-dealkylation sites (N-methyl/N-ethyl adjacent to an activating group) is 1. The Morgan fingerprint density at radius 1 is 0.711 bits per heavy atom. The first-order chi connectivity index (χ1) is 22.0. The van der Waals surface area contributed by atoms with Gasteiger partial charge in [-0.3, -0.25) is 0 Å². The third-order valence-electron chi connectivity index (χ3n) is 8.38. The van der Waals surface area contributed by atoms with E-state index >= 15 is 0 Å². The number of ether oxygens (including phenoxy) is 5. The first-order valence-electron chi connectivity index (χ1n) is 18.3. The third-order valence-corrected chi connectivity index (χ3v) is 9.15. The van der Waals surface area contributed by atoms with Crippen molar-refractivity contribution in [1.29, 1.82) is 0 Å². The van der Waals surface area contributed by atoms with Gasteiger partial charge in [0.05, 0.1) is 19.0 Å². The quantitative estimate of drug-likeness (QED) is 0.0174. The molecule has 0 bridgehead atoms. The minimum Gasteiger partial charge on any atom is -0.498 e. The molecule has 0 saturated carbocycles. The van der Waals surface area contributed by atoms with E-state index in [1.54, 1.807) is 0 Å². The molecule has 0 amide bonds. The molecule has 1 saturated heterocycles. The molecule has 0 aromatic heterocycles. The number of rotatable bonds is 31. The summed E-state index contributed by atoms with van der Waals surface area (Å²) in [5, 5.41) is 0. The van der Waals surface area contributed by atoms with Gasteiger partial charge >= 0.3 is 6.16 Å². The van der Waals surface area contributed by atoms with E-state index < -0.39 is 6.16 Å². The number of nitrogens with zero attached hydrogens (tertiary/aromatic N) is 2. The van der Waals surface area contributed by atoms with Gasteiger partial charge in [-0.1, -0.05) is 107 Å². The van der Waals surface area contributed by atoms with Gasteiger partial charge in [0.1, 0.15) is 6.61 Å². The summed E-state index contributed by atoms with van der Waals surface area (Å²) >= 11 is 2.46. The standard InChI is InChI=1S/C36H69IN2O6/c1-5-7-8-9-13-16-28-41-35(42-29-17-14-11-10-12-15-22-37)21-20-33(3)44-31-34(19-6-2)32-45-36(40)43-30-18-23-39-26-24-38(4)25-27-39/h34-35H,3,5-32H2,1-2,4H3. The lowest BCUT2D eigenvalue weighted by Gasteiger charge is -2.32. The predicted octanol–water partition coefficient (Wildman–Crippen LogP) is 9.00. The summed E-state index contributed by atoms with van der Waals surface area (Å²) in [5.74, 6) is 0.840. The molecule has 2 unspecified atom stereocenters. The van der Waals surface area contributed by atoms with Crippen LogP contribution in [0.5, 0.6) is 0 Å². The minimum atomic E-state index is -0.587. The highest BCUT2D eigenvalue weighted by Gasteiger charge is 2.17. The number of piperazine rings is 1. The molecular formula is C36H69IN2O6. The zero-order chi connectivity index (χ0) is 32.8. The molecule has 1 heterocycles. The lowest BCUT2D eigenvalue weighted by atomic mass is 10.1. The summed E-state index contributed by atoms with van der Waals surface area (Å²) in [6, 6.07) is 0. The number of unbranched alkanes of at least 4 members (excludes halogenated alkanes) is 10. The van der Waals surface area contributed by atoms with Crippen LogP contribution in [0.3, 0.4) is 0 Å². The van der Waals surface area contributed by atoms with E-state index in [0.717, 1.165) is 90.2 Å². The van der Waals surface area contributed by atoms with E-state index in [-0.39, 0.29) is 12.2 Å². The summed E-state index contributed by atoms with van der Waals surface area (Å²) in [6.45, 7) is 16.5. The normalized spacial score (nSPS) is 15.6. The highest BCUT2D eigenvalue weighted by atomic mass is 127. The average Bonchev–Trinajstić information content (AvgIpc) is 3.04. The molecule has 1 fully saturated rings. The van der Waals surface area contributed by atoms with Gasteiger partial charge in [0.25, 0.3) is 0 Å². The van der Waals surface area contributed by atoms with Gasteiger partial charge in [0.15, 0.2) is 6.29 Å². The molecule has 1 aliphatic rings. The summed E-state index contributed by atoms with van der Waals surface area (Å²) < 4.78 is 30.4. The van der Waals surface area contributed by atoms with Gasteiger partial charge in [-0.2, -0.15) is 0 Å². The SMILES string of the molecule is C=C(CCC(OCCCCCCCC)OCCCCCCCCI)OCC(CCC)COC(=O)OCCCN1CCN(C)CC1. The fourth-order valence-corrected chi connectivity index (χ4v) is 5.92. The van der Waals surface area contributed by atoms with Crippen LogP contribution in [-0.4, -0.2) is 99.5 Å². The summed E-state index contributed by atoms with van der Waals surface area (Å²) in [7, 11) is 2.15. The molecule has 0 aliphatic carbocycles. The lowest BCUT2D eigenvalue weighted by molar-refractivity contribution is -0.148. The lowest BCUT2D eigenvalue weighted by Crippen LogP contribution is -2.44. The summed E-state index contributed by atoms with van der Waals surface area (Å²) in [4.78, 5) is 16.9. The van der Waals surface area contributed by atoms with Crippen LogP contribution in [0, 0.1) is 5.92 Å². The summed E-state index contributed by atoms with van der Waals surface area (Å²) in [5.41, 5.74) is 0. The minimum absolute atomic E-state index is 0.109. The second-order valence-electron chi connectivity index (χ2n) is 12.7. The largest absolute Gasteiger partial charge is 0.508 e. The van der Waals surface area contributed by atoms with Crippen LogP contribution in [0.2, 0.25) is 0 Å². The fourth-order valence-electron chi connectivity index (χ4n) is 5.38. The Kier molecular flexibility index (Phi) is 28.9. The van der Waals surface area contributed by atoms with Crippen molar-refractivity contribution in [2.45, 2.75) is 129 Å². The van der Waals surface area contributed by atoms with Gasteiger partial charge in [0.2, 0.25) is 0 Å². The molecule has 0 aromatic rings. The number of carbonyl (C=O) groups is 1.